The zero-order valence-corrected chi connectivity index (χ0v) is 10.5. The molecule has 0 radical (unpaired) electrons. The van der Waals surface area contributed by atoms with Gasteiger partial charge in [-0.1, -0.05) is 0 Å². The average molecular weight is 232 g/mol. The second-order valence-corrected chi connectivity index (χ2v) is 7.28. The topological polar surface area (TPSA) is 0 Å². The van der Waals surface area contributed by atoms with Crippen LogP contribution < -0.4 is 0 Å². The predicted molar refractivity (Wildman–Crippen MR) is 60.1 cm³/mol. The zero-order chi connectivity index (χ0) is 10.1. The summed E-state index contributed by atoms with van der Waals surface area (Å²) in [5.41, 5.74) is 0. The molecule has 3 rings (SSSR count). The van der Waals surface area contributed by atoms with Crippen LogP contribution >= 0.6 is 0 Å². The van der Waals surface area contributed by atoms with E-state index in [1.165, 1.54) is 19.3 Å². The van der Waals surface area contributed by atoms with Gasteiger partial charge in [0.05, 0.1) is 0 Å². The molecule has 0 aliphatic heterocycles. The normalized spacial score (nSPS) is 36.8. The summed E-state index contributed by atoms with van der Waals surface area (Å²) in [6, 6.07) is 0. The Morgan fingerprint density at radius 3 is 2.87 bits per heavy atom. The van der Waals surface area contributed by atoms with Gasteiger partial charge in [-0.2, -0.15) is 0 Å². The van der Waals surface area contributed by atoms with E-state index >= 15 is 0 Å². The van der Waals surface area contributed by atoms with E-state index in [1.807, 2.05) is 0 Å². The van der Waals surface area contributed by atoms with Crippen LogP contribution in [-0.2, 0) is 19.2 Å². The third-order valence-electron chi connectivity index (χ3n) is 3.71. The van der Waals surface area contributed by atoms with Crippen LogP contribution in [0, 0.1) is 11.8 Å². The molecule has 1 fully saturated rings. The minimum absolute atomic E-state index is 0.143. The maximum absolute atomic E-state index is 2.47. The summed E-state index contributed by atoms with van der Waals surface area (Å²) < 4.78 is 2.80. The molecule has 0 heterocycles. The number of allylic oxidation sites excluding steroid dienone is 8. The first-order valence-corrected chi connectivity index (χ1v) is 7.59. The summed E-state index contributed by atoms with van der Waals surface area (Å²) in [7, 11) is 0. The van der Waals surface area contributed by atoms with E-state index in [4.69, 9.17) is 0 Å². The molecule has 3 unspecified atom stereocenters. The van der Waals surface area contributed by atoms with Crippen molar-refractivity contribution in [3.8, 4) is 0 Å². The summed E-state index contributed by atoms with van der Waals surface area (Å²) in [5, 5.41) is 0. The fraction of sp³-hybridized carbons (Fsp3) is 0.429. The molecule has 76 valence electrons. The van der Waals surface area contributed by atoms with Crippen LogP contribution in [0.3, 0.4) is 0 Å². The Morgan fingerprint density at radius 1 is 1.07 bits per heavy atom. The van der Waals surface area contributed by atoms with Gasteiger partial charge in [-0.15, -0.1) is 0 Å². The van der Waals surface area contributed by atoms with E-state index in [-0.39, 0.29) is 19.2 Å². The fourth-order valence-corrected chi connectivity index (χ4v) is 5.67. The van der Waals surface area contributed by atoms with Crippen molar-refractivity contribution >= 4 is 0 Å². The monoisotopic (exact) mass is 232 g/mol. The van der Waals surface area contributed by atoms with Crippen molar-refractivity contribution < 1.29 is 19.2 Å². The van der Waals surface area contributed by atoms with Gasteiger partial charge in [-0.3, -0.25) is 0 Å². The van der Waals surface area contributed by atoms with Crippen molar-refractivity contribution in [1.82, 2.24) is 0 Å². The molecule has 1 saturated carbocycles. The SMILES string of the molecule is C1=CC[C]([Ti][CH]2CCC3C=CC=CC32)=C1. The molecule has 0 bridgehead atoms. The first-order chi connectivity index (χ1) is 7.43. The van der Waals surface area contributed by atoms with Crippen LogP contribution in [-0.4, -0.2) is 0 Å². The Balaban J connectivity index is 1.68. The molecule has 0 N–H and O–H groups in total. The van der Waals surface area contributed by atoms with Gasteiger partial charge in [0.1, 0.15) is 0 Å². The van der Waals surface area contributed by atoms with Crippen molar-refractivity contribution in [3.63, 3.8) is 0 Å². The summed E-state index contributed by atoms with van der Waals surface area (Å²) in [6.07, 6.45) is 20.5. The molecule has 0 spiro atoms. The molecule has 0 amide bonds. The van der Waals surface area contributed by atoms with Gasteiger partial charge in [-0.25, -0.2) is 0 Å². The fourth-order valence-electron chi connectivity index (χ4n) is 2.92. The van der Waals surface area contributed by atoms with Gasteiger partial charge in [0, 0.05) is 0 Å². The molecule has 3 aliphatic carbocycles. The summed E-state index contributed by atoms with van der Waals surface area (Å²) in [5.74, 6) is 1.76. The first kappa shape index (κ1) is 9.87. The Morgan fingerprint density at radius 2 is 2.00 bits per heavy atom. The predicted octanol–water partition coefficient (Wildman–Crippen LogP) is 3.85. The van der Waals surface area contributed by atoms with E-state index in [2.05, 4.69) is 42.5 Å². The number of hydrogen-bond donors (Lipinski definition) is 0. The molecule has 3 atom stereocenters. The third kappa shape index (κ3) is 1.98. The molecule has 15 heavy (non-hydrogen) atoms. The number of fused-ring (bicyclic) bond motifs is 1. The Bertz CT molecular complexity index is 360. The van der Waals surface area contributed by atoms with Crippen molar-refractivity contribution in [2.24, 2.45) is 11.8 Å². The van der Waals surface area contributed by atoms with E-state index in [0.29, 0.717) is 0 Å². The van der Waals surface area contributed by atoms with E-state index in [1.54, 1.807) is 3.88 Å². The molecular formula is C14H16Ti. The Hall–Kier alpha value is -0.326. The van der Waals surface area contributed by atoms with Crippen LogP contribution in [0.2, 0.25) is 4.22 Å². The van der Waals surface area contributed by atoms with Crippen molar-refractivity contribution in [3.05, 3.63) is 46.4 Å². The Labute approximate surface area is 101 Å². The van der Waals surface area contributed by atoms with E-state index in [0.717, 1.165) is 16.1 Å². The standard InChI is InChI=1S/C9H11.C5H5.Ti/c1-2-5-9-7-3-6-8(9)4-1;1-2-4-5-3-1;/h1-2,4-6,8-9H,3,7H2;1-3H,4H2;. The van der Waals surface area contributed by atoms with Gasteiger partial charge in [-0.05, 0) is 0 Å². The van der Waals surface area contributed by atoms with Crippen molar-refractivity contribution in [2.45, 2.75) is 23.5 Å². The summed E-state index contributed by atoms with van der Waals surface area (Å²) in [4.78, 5) is 0. The molecule has 0 nitrogen and oxygen atoms in total. The van der Waals surface area contributed by atoms with Crippen LogP contribution in [0.1, 0.15) is 19.3 Å². The second kappa shape index (κ2) is 4.27. The van der Waals surface area contributed by atoms with Gasteiger partial charge in [0.15, 0.2) is 0 Å². The van der Waals surface area contributed by atoms with Gasteiger partial charge in [0.2, 0.25) is 0 Å². The van der Waals surface area contributed by atoms with Crippen LogP contribution in [0.15, 0.2) is 46.4 Å². The van der Waals surface area contributed by atoms with Crippen LogP contribution in [0.5, 0.6) is 0 Å². The van der Waals surface area contributed by atoms with Gasteiger partial charge < -0.3 is 0 Å². The average Bonchev–Trinajstić information content (AvgIpc) is 2.89. The maximum atomic E-state index is 2.47. The number of hydrogen-bond acceptors (Lipinski definition) is 0. The Kier molecular flexibility index (Phi) is 2.81. The first-order valence-electron chi connectivity index (χ1n) is 5.91. The molecule has 0 aromatic rings. The quantitative estimate of drug-likeness (QED) is 0.634. The number of rotatable bonds is 2. The second-order valence-electron chi connectivity index (χ2n) is 4.66. The van der Waals surface area contributed by atoms with Crippen LogP contribution in [0.25, 0.3) is 0 Å². The van der Waals surface area contributed by atoms with Crippen molar-refractivity contribution in [2.75, 3.05) is 0 Å². The molecule has 1 heteroatoms. The van der Waals surface area contributed by atoms with Crippen molar-refractivity contribution in [1.29, 1.82) is 0 Å². The van der Waals surface area contributed by atoms with Crippen LogP contribution in [0.4, 0.5) is 0 Å². The molecular weight excluding hydrogens is 216 g/mol. The van der Waals surface area contributed by atoms with Gasteiger partial charge >= 0.3 is 101 Å². The van der Waals surface area contributed by atoms with E-state index in [9.17, 15) is 0 Å². The molecule has 0 aromatic heterocycles. The summed E-state index contributed by atoms with van der Waals surface area (Å²) in [6.45, 7) is 0. The third-order valence-corrected chi connectivity index (χ3v) is 6.50. The zero-order valence-electron chi connectivity index (χ0n) is 8.89. The summed E-state index contributed by atoms with van der Waals surface area (Å²) >= 11 is 0.143. The molecule has 3 aliphatic rings. The van der Waals surface area contributed by atoms with Gasteiger partial charge in [0.25, 0.3) is 0 Å². The van der Waals surface area contributed by atoms with E-state index < -0.39 is 0 Å². The minimum atomic E-state index is 0.143. The molecule has 0 saturated heterocycles. The molecule has 0 aromatic carbocycles.